The van der Waals surface area contributed by atoms with Gasteiger partial charge in [0.1, 0.15) is 17.1 Å². The number of rotatable bonds is 3. The molecule has 134 valence electrons. The topological polar surface area (TPSA) is 62.6 Å². The van der Waals surface area contributed by atoms with E-state index in [1.807, 2.05) is 31.2 Å². The first-order valence-electron chi connectivity index (χ1n) is 8.32. The highest BCUT2D eigenvalue weighted by atomic mass is 35.5. The van der Waals surface area contributed by atoms with Crippen LogP contribution in [-0.4, -0.2) is 11.8 Å². The molecule has 1 aromatic heterocycles. The van der Waals surface area contributed by atoms with Crippen molar-refractivity contribution in [1.82, 2.24) is 5.43 Å². The Labute approximate surface area is 160 Å². The molecule has 2 aromatic carbocycles. The highest BCUT2D eigenvalue weighted by Crippen LogP contribution is 2.30. The van der Waals surface area contributed by atoms with Crippen molar-refractivity contribution in [3.8, 4) is 11.3 Å². The molecule has 0 atom stereocenters. The molecule has 0 unspecified atom stereocenters. The van der Waals surface area contributed by atoms with E-state index in [2.05, 4.69) is 5.43 Å². The van der Waals surface area contributed by atoms with Crippen LogP contribution in [0.25, 0.3) is 17.4 Å². The molecular formula is C21H15ClN2O3. The fourth-order valence-corrected chi connectivity index (χ4v) is 3.08. The lowest BCUT2D eigenvalue weighted by atomic mass is 10.1. The average molecular weight is 379 g/mol. The summed E-state index contributed by atoms with van der Waals surface area (Å²) in [5, 5.41) is 1.87. The number of hydrogen-bond donors (Lipinski definition) is 1. The molecule has 27 heavy (non-hydrogen) atoms. The Hall–Kier alpha value is -3.31. The summed E-state index contributed by atoms with van der Waals surface area (Å²) in [4.78, 5) is 24.9. The van der Waals surface area contributed by atoms with Gasteiger partial charge in [-0.05, 0) is 48.9 Å². The van der Waals surface area contributed by atoms with Crippen LogP contribution in [0.4, 0.5) is 5.69 Å². The fourth-order valence-electron chi connectivity index (χ4n) is 2.91. The Morgan fingerprint density at radius 2 is 1.78 bits per heavy atom. The summed E-state index contributed by atoms with van der Waals surface area (Å²) in [6.07, 6.45) is 1.45. The zero-order valence-corrected chi connectivity index (χ0v) is 15.2. The highest BCUT2D eigenvalue weighted by molar-refractivity contribution is 6.32. The third kappa shape index (κ3) is 3.13. The maximum atomic E-state index is 12.6. The van der Waals surface area contributed by atoms with E-state index < -0.39 is 11.8 Å². The molecule has 0 radical (unpaired) electrons. The maximum absolute atomic E-state index is 12.6. The molecule has 0 aliphatic carbocycles. The number of nitrogens with one attached hydrogen (secondary N) is 1. The standard InChI is InChI=1S/C21H15ClN2O3/c1-13-16(8-5-9-18(13)22)19-11-10-15(27-19)12-17-20(25)23-24(21(17)26)14-6-3-2-4-7-14/h2-12H,1H3,(H,23,25)/b17-12+. The lowest BCUT2D eigenvalue weighted by molar-refractivity contribution is -0.117. The Morgan fingerprint density at radius 3 is 2.56 bits per heavy atom. The minimum atomic E-state index is -0.472. The molecule has 1 N–H and O–H groups in total. The van der Waals surface area contributed by atoms with Gasteiger partial charge in [-0.3, -0.25) is 15.0 Å². The predicted octanol–water partition coefficient (Wildman–Crippen LogP) is 4.37. The van der Waals surface area contributed by atoms with Crippen molar-refractivity contribution in [1.29, 1.82) is 0 Å². The molecule has 2 heterocycles. The van der Waals surface area contributed by atoms with E-state index in [-0.39, 0.29) is 5.57 Å². The molecule has 0 bridgehead atoms. The van der Waals surface area contributed by atoms with Crippen LogP contribution >= 0.6 is 11.6 Å². The first-order chi connectivity index (χ1) is 13.0. The lowest BCUT2D eigenvalue weighted by Gasteiger charge is -2.13. The second-order valence-electron chi connectivity index (χ2n) is 6.09. The molecule has 2 amide bonds. The molecule has 4 rings (SSSR count). The summed E-state index contributed by atoms with van der Waals surface area (Å²) in [7, 11) is 0. The molecule has 1 saturated heterocycles. The Bertz CT molecular complexity index is 1070. The van der Waals surface area contributed by atoms with Gasteiger partial charge >= 0.3 is 0 Å². The van der Waals surface area contributed by atoms with Crippen molar-refractivity contribution >= 4 is 35.2 Å². The van der Waals surface area contributed by atoms with Crippen molar-refractivity contribution < 1.29 is 14.0 Å². The second-order valence-corrected chi connectivity index (χ2v) is 6.50. The molecule has 1 aliphatic rings. The summed E-state index contributed by atoms with van der Waals surface area (Å²) in [6.45, 7) is 1.91. The number of benzene rings is 2. The summed E-state index contributed by atoms with van der Waals surface area (Å²) in [5.41, 5.74) is 4.93. The van der Waals surface area contributed by atoms with Crippen LogP contribution in [0.3, 0.4) is 0 Å². The number of para-hydroxylation sites is 1. The van der Waals surface area contributed by atoms with E-state index in [4.69, 9.17) is 16.0 Å². The van der Waals surface area contributed by atoms with Gasteiger partial charge in [0.15, 0.2) is 0 Å². The average Bonchev–Trinajstić information content (AvgIpc) is 3.25. The number of furan rings is 1. The molecular weight excluding hydrogens is 364 g/mol. The highest BCUT2D eigenvalue weighted by Gasteiger charge is 2.34. The zero-order valence-electron chi connectivity index (χ0n) is 14.4. The smallest absolute Gasteiger partial charge is 0.282 e. The first-order valence-corrected chi connectivity index (χ1v) is 8.70. The van der Waals surface area contributed by atoms with E-state index in [1.165, 1.54) is 11.1 Å². The van der Waals surface area contributed by atoms with Crippen LogP contribution in [0.1, 0.15) is 11.3 Å². The van der Waals surface area contributed by atoms with Crippen molar-refractivity contribution in [2.24, 2.45) is 0 Å². The van der Waals surface area contributed by atoms with Crippen LogP contribution in [0.15, 0.2) is 70.7 Å². The van der Waals surface area contributed by atoms with Crippen molar-refractivity contribution in [3.63, 3.8) is 0 Å². The van der Waals surface area contributed by atoms with Gasteiger partial charge in [-0.1, -0.05) is 41.9 Å². The number of hydrazine groups is 1. The van der Waals surface area contributed by atoms with Crippen molar-refractivity contribution in [3.05, 3.63) is 82.6 Å². The summed E-state index contributed by atoms with van der Waals surface area (Å²) in [6, 6.07) is 18.0. The lowest BCUT2D eigenvalue weighted by Crippen LogP contribution is -2.35. The van der Waals surface area contributed by atoms with E-state index in [9.17, 15) is 9.59 Å². The Balaban J connectivity index is 1.65. The predicted molar refractivity (Wildman–Crippen MR) is 104 cm³/mol. The van der Waals surface area contributed by atoms with E-state index in [0.29, 0.717) is 22.2 Å². The van der Waals surface area contributed by atoms with Gasteiger partial charge in [-0.15, -0.1) is 0 Å². The normalized spacial score (nSPS) is 15.5. The Morgan fingerprint density at radius 1 is 1.00 bits per heavy atom. The van der Waals surface area contributed by atoms with Crippen LogP contribution in [0, 0.1) is 6.92 Å². The number of carbonyl (C=O) groups is 2. The number of nitrogens with zero attached hydrogens (tertiary/aromatic N) is 1. The second kappa shape index (κ2) is 6.78. The van der Waals surface area contributed by atoms with Crippen LogP contribution < -0.4 is 10.4 Å². The number of halogens is 1. The maximum Gasteiger partial charge on any atom is 0.282 e. The fraction of sp³-hybridized carbons (Fsp3) is 0.0476. The van der Waals surface area contributed by atoms with E-state index >= 15 is 0 Å². The summed E-state index contributed by atoms with van der Waals surface area (Å²) >= 11 is 6.16. The van der Waals surface area contributed by atoms with Crippen molar-refractivity contribution in [2.75, 3.05) is 5.01 Å². The summed E-state index contributed by atoms with van der Waals surface area (Å²) in [5.74, 6) is 0.134. The van der Waals surface area contributed by atoms with E-state index in [0.717, 1.165) is 11.1 Å². The van der Waals surface area contributed by atoms with E-state index in [1.54, 1.807) is 36.4 Å². The van der Waals surface area contributed by atoms with Crippen LogP contribution in [-0.2, 0) is 9.59 Å². The van der Waals surface area contributed by atoms with Gasteiger partial charge in [0.25, 0.3) is 11.8 Å². The summed E-state index contributed by atoms with van der Waals surface area (Å²) < 4.78 is 5.82. The molecule has 3 aromatic rings. The molecule has 6 heteroatoms. The molecule has 1 fully saturated rings. The Kier molecular flexibility index (Phi) is 4.30. The van der Waals surface area contributed by atoms with Crippen LogP contribution in [0.5, 0.6) is 0 Å². The van der Waals surface area contributed by atoms with Gasteiger partial charge in [0.2, 0.25) is 0 Å². The number of anilines is 1. The molecule has 0 saturated carbocycles. The van der Waals surface area contributed by atoms with Gasteiger partial charge in [0, 0.05) is 10.6 Å². The largest absolute Gasteiger partial charge is 0.457 e. The number of carbonyl (C=O) groups excluding carboxylic acids is 2. The quantitative estimate of drug-likeness (QED) is 0.543. The zero-order chi connectivity index (χ0) is 19.0. The SMILES string of the molecule is Cc1c(Cl)cccc1-c1ccc(/C=C2\C(=O)NN(c3ccccc3)C2=O)o1. The number of hydrogen-bond acceptors (Lipinski definition) is 3. The van der Waals surface area contributed by atoms with Crippen molar-refractivity contribution in [2.45, 2.75) is 6.92 Å². The monoisotopic (exact) mass is 378 g/mol. The minimum Gasteiger partial charge on any atom is -0.457 e. The third-order valence-corrected chi connectivity index (χ3v) is 4.76. The van der Waals surface area contributed by atoms with Gasteiger partial charge in [0.05, 0.1) is 5.69 Å². The first kappa shape index (κ1) is 17.1. The number of amides is 2. The molecule has 0 spiro atoms. The van der Waals surface area contributed by atoms with Gasteiger partial charge < -0.3 is 4.42 Å². The minimum absolute atomic E-state index is 0.0163. The molecule has 1 aliphatic heterocycles. The van der Waals surface area contributed by atoms with Gasteiger partial charge in [-0.2, -0.15) is 0 Å². The molecule has 5 nitrogen and oxygen atoms in total. The van der Waals surface area contributed by atoms with Gasteiger partial charge in [-0.25, -0.2) is 5.01 Å². The third-order valence-electron chi connectivity index (χ3n) is 4.35. The van der Waals surface area contributed by atoms with Crippen LogP contribution in [0.2, 0.25) is 5.02 Å².